The van der Waals surface area contributed by atoms with Crippen molar-refractivity contribution >= 4 is 21.8 Å². The van der Waals surface area contributed by atoms with E-state index in [1.54, 1.807) is 12.1 Å². The third-order valence-electron chi connectivity index (χ3n) is 4.51. The second-order valence-corrected chi connectivity index (χ2v) is 6.36. The van der Waals surface area contributed by atoms with Gasteiger partial charge in [-0.3, -0.25) is 0 Å². The number of fused-ring (bicyclic) bond motifs is 2. The van der Waals surface area contributed by atoms with Crippen LogP contribution in [0.2, 0.25) is 0 Å². The van der Waals surface area contributed by atoms with Crippen LogP contribution >= 0.6 is 0 Å². The molecule has 0 aliphatic heterocycles. The van der Waals surface area contributed by atoms with Gasteiger partial charge in [0.1, 0.15) is 22.5 Å². The first-order chi connectivity index (χ1) is 12.0. The minimum atomic E-state index is 0.190. The number of rotatable bonds is 2. The van der Waals surface area contributed by atoms with Gasteiger partial charge < -0.3 is 10.2 Å². The Kier molecular flexibility index (Phi) is 3.53. The zero-order chi connectivity index (χ0) is 17.6. The maximum absolute atomic E-state index is 10.1. The van der Waals surface area contributed by atoms with Crippen molar-refractivity contribution < 1.29 is 10.2 Å². The lowest BCUT2D eigenvalue weighted by Gasteiger charge is -2.11. The van der Waals surface area contributed by atoms with Crippen molar-refractivity contribution in [2.45, 2.75) is 20.3 Å². The third kappa shape index (κ3) is 2.66. The van der Waals surface area contributed by atoms with Crippen molar-refractivity contribution in [1.29, 1.82) is 0 Å². The van der Waals surface area contributed by atoms with Crippen LogP contribution in [0.4, 0.5) is 0 Å². The molecule has 124 valence electrons. The van der Waals surface area contributed by atoms with E-state index in [1.165, 1.54) is 0 Å². The summed E-state index contributed by atoms with van der Waals surface area (Å²) in [6, 6.07) is 15.1. The van der Waals surface area contributed by atoms with Crippen molar-refractivity contribution in [3.8, 4) is 11.5 Å². The molecule has 0 bridgehead atoms. The first-order valence-electron chi connectivity index (χ1n) is 8.19. The highest BCUT2D eigenvalue weighted by molar-refractivity contribution is 5.90. The molecule has 4 aromatic rings. The Bertz CT molecular complexity index is 1030. The van der Waals surface area contributed by atoms with Gasteiger partial charge in [-0.1, -0.05) is 24.3 Å². The quantitative estimate of drug-likeness (QED) is 0.571. The molecule has 0 atom stereocenters. The van der Waals surface area contributed by atoms with Gasteiger partial charge in [0.25, 0.3) is 0 Å². The Hall–Kier alpha value is -3.14. The highest BCUT2D eigenvalue weighted by Gasteiger charge is 2.11. The normalized spacial score (nSPS) is 11.3. The fourth-order valence-electron chi connectivity index (χ4n) is 3.23. The van der Waals surface area contributed by atoms with Gasteiger partial charge in [-0.2, -0.15) is 0 Å². The van der Waals surface area contributed by atoms with E-state index in [0.29, 0.717) is 17.5 Å². The average Bonchev–Trinajstić information content (AvgIpc) is 2.60. The molecule has 0 amide bonds. The van der Waals surface area contributed by atoms with Crippen LogP contribution in [0.15, 0.2) is 48.5 Å². The van der Waals surface area contributed by atoms with E-state index in [9.17, 15) is 10.2 Å². The molecule has 2 heterocycles. The summed E-state index contributed by atoms with van der Waals surface area (Å²) in [5, 5.41) is 22.1. The van der Waals surface area contributed by atoms with Gasteiger partial charge in [-0.15, -0.1) is 0 Å². The summed E-state index contributed by atoms with van der Waals surface area (Å²) in [5.74, 6) is 0.380. The summed E-state index contributed by atoms with van der Waals surface area (Å²) < 4.78 is 0. The lowest BCUT2D eigenvalue weighted by molar-refractivity contribution is 0.480. The van der Waals surface area contributed by atoms with Crippen molar-refractivity contribution in [1.82, 2.24) is 9.97 Å². The van der Waals surface area contributed by atoms with Crippen LogP contribution in [-0.2, 0) is 6.42 Å². The van der Waals surface area contributed by atoms with Crippen molar-refractivity contribution in [3.05, 3.63) is 71.0 Å². The minimum Gasteiger partial charge on any atom is -0.506 e. The summed E-state index contributed by atoms with van der Waals surface area (Å²) in [7, 11) is 0. The topological polar surface area (TPSA) is 66.2 Å². The number of pyridine rings is 2. The van der Waals surface area contributed by atoms with E-state index in [2.05, 4.69) is 9.97 Å². The molecule has 0 aliphatic carbocycles. The van der Waals surface area contributed by atoms with Crippen molar-refractivity contribution in [2.24, 2.45) is 0 Å². The van der Waals surface area contributed by atoms with Gasteiger partial charge in [0, 0.05) is 22.2 Å². The van der Waals surface area contributed by atoms with Gasteiger partial charge >= 0.3 is 0 Å². The number of phenolic OH excluding ortho intramolecular Hbond substituents is 2. The van der Waals surface area contributed by atoms with E-state index < -0.39 is 0 Å². The number of phenols is 2. The molecule has 2 aromatic heterocycles. The van der Waals surface area contributed by atoms with Crippen LogP contribution in [-0.4, -0.2) is 20.2 Å². The molecule has 4 nitrogen and oxygen atoms in total. The van der Waals surface area contributed by atoms with Crippen molar-refractivity contribution in [2.75, 3.05) is 0 Å². The Labute approximate surface area is 145 Å². The zero-order valence-corrected chi connectivity index (χ0v) is 14.1. The molecule has 0 saturated carbocycles. The maximum Gasteiger partial charge on any atom is 0.141 e. The van der Waals surface area contributed by atoms with Crippen molar-refractivity contribution in [3.63, 3.8) is 0 Å². The number of hydrogen-bond donors (Lipinski definition) is 2. The van der Waals surface area contributed by atoms with Crippen LogP contribution in [0.25, 0.3) is 21.8 Å². The summed E-state index contributed by atoms with van der Waals surface area (Å²) in [6.45, 7) is 3.82. The van der Waals surface area contributed by atoms with Crippen LogP contribution in [0.1, 0.15) is 22.5 Å². The largest absolute Gasteiger partial charge is 0.506 e. The second kappa shape index (κ2) is 5.74. The summed E-state index contributed by atoms with van der Waals surface area (Å²) in [6.07, 6.45) is 0.670. The number of aromatic hydroxyl groups is 2. The molecule has 0 unspecified atom stereocenters. The summed E-state index contributed by atoms with van der Waals surface area (Å²) in [5.41, 5.74) is 5.13. The van der Waals surface area contributed by atoms with Gasteiger partial charge in [0.05, 0.1) is 0 Å². The van der Waals surface area contributed by atoms with Gasteiger partial charge in [-0.25, -0.2) is 9.97 Å². The van der Waals surface area contributed by atoms with E-state index in [4.69, 9.17) is 0 Å². The third-order valence-corrected chi connectivity index (χ3v) is 4.51. The molecule has 2 N–H and O–H groups in total. The fourth-order valence-corrected chi connectivity index (χ4v) is 3.23. The Morgan fingerprint density at radius 3 is 1.52 bits per heavy atom. The fraction of sp³-hybridized carbons (Fsp3) is 0.143. The molecule has 0 spiro atoms. The molecule has 25 heavy (non-hydrogen) atoms. The minimum absolute atomic E-state index is 0.190. The summed E-state index contributed by atoms with van der Waals surface area (Å²) in [4.78, 5) is 8.93. The van der Waals surface area contributed by atoms with Crippen LogP contribution in [0.3, 0.4) is 0 Å². The molecule has 4 rings (SSSR count). The highest BCUT2D eigenvalue weighted by Crippen LogP contribution is 2.31. The first-order valence-corrected chi connectivity index (χ1v) is 8.19. The number of nitrogens with zero attached hydrogens (tertiary/aromatic N) is 2. The SMILES string of the molecule is Cc1ccc2c(Cc3ccc(O)c4nc(C)ccc34)ccc(O)c2n1. The van der Waals surface area contributed by atoms with E-state index in [0.717, 1.165) is 33.3 Å². The highest BCUT2D eigenvalue weighted by atomic mass is 16.3. The zero-order valence-electron chi connectivity index (χ0n) is 14.1. The Morgan fingerprint density at radius 2 is 1.08 bits per heavy atom. The molecular weight excluding hydrogens is 312 g/mol. The Balaban J connectivity index is 1.89. The predicted molar refractivity (Wildman–Crippen MR) is 99.1 cm³/mol. The number of aryl methyl sites for hydroxylation is 2. The Morgan fingerprint density at radius 1 is 0.640 bits per heavy atom. The van der Waals surface area contributed by atoms with Crippen LogP contribution in [0.5, 0.6) is 11.5 Å². The van der Waals surface area contributed by atoms with E-state index in [-0.39, 0.29) is 11.5 Å². The lowest BCUT2D eigenvalue weighted by Crippen LogP contribution is -1.95. The number of aromatic nitrogens is 2. The number of hydrogen-bond acceptors (Lipinski definition) is 4. The molecule has 0 aliphatic rings. The number of benzene rings is 2. The summed E-state index contributed by atoms with van der Waals surface area (Å²) >= 11 is 0. The monoisotopic (exact) mass is 330 g/mol. The maximum atomic E-state index is 10.1. The molecule has 2 aromatic carbocycles. The van der Waals surface area contributed by atoms with Gasteiger partial charge in [-0.05, 0) is 55.7 Å². The predicted octanol–water partition coefficient (Wildman–Crippen LogP) is 4.40. The molecule has 4 heteroatoms. The molecule has 0 radical (unpaired) electrons. The standard InChI is InChI=1S/C21H18N2O2/c1-12-3-7-16-14(5-9-18(24)20(16)22-12)11-15-6-10-19(25)21-17(15)8-4-13(2)23-21/h3-10,24-25H,11H2,1-2H3. The van der Waals surface area contributed by atoms with E-state index >= 15 is 0 Å². The second-order valence-electron chi connectivity index (χ2n) is 6.36. The first kappa shape index (κ1) is 15.4. The average molecular weight is 330 g/mol. The lowest BCUT2D eigenvalue weighted by atomic mass is 9.96. The van der Waals surface area contributed by atoms with Crippen LogP contribution in [0, 0.1) is 13.8 Å². The molecular formula is C21H18N2O2. The smallest absolute Gasteiger partial charge is 0.141 e. The van der Waals surface area contributed by atoms with E-state index in [1.807, 2.05) is 50.2 Å². The molecule has 0 saturated heterocycles. The molecule has 0 fully saturated rings. The van der Waals surface area contributed by atoms with Gasteiger partial charge in [0.2, 0.25) is 0 Å². The van der Waals surface area contributed by atoms with Gasteiger partial charge in [0.15, 0.2) is 0 Å². The van der Waals surface area contributed by atoms with Crippen LogP contribution < -0.4 is 0 Å².